The van der Waals surface area contributed by atoms with Crippen LogP contribution in [0.3, 0.4) is 0 Å². The van der Waals surface area contributed by atoms with Gasteiger partial charge in [-0.05, 0) is 24.6 Å². The molecule has 0 radical (unpaired) electrons. The topological polar surface area (TPSA) is 75.2 Å². The average molecular weight is 411 g/mol. The third-order valence-corrected chi connectivity index (χ3v) is 6.41. The normalized spacial score (nSPS) is 16.4. The molecule has 6 nitrogen and oxygen atoms in total. The van der Waals surface area contributed by atoms with E-state index in [4.69, 9.17) is 0 Å². The van der Waals surface area contributed by atoms with Gasteiger partial charge in [0.15, 0.2) is 0 Å². The predicted molar refractivity (Wildman–Crippen MR) is 112 cm³/mol. The van der Waals surface area contributed by atoms with E-state index in [9.17, 15) is 9.59 Å². The van der Waals surface area contributed by atoms with Crippen molar-refractivity contribution in [2.75, 3.05) is 16.8 Å². The second-order valence-corrected chi connectivity index (χ2v) is 8.77. The van der Waals surface area contributed by atoms with E-state index < -0.39 is 0 Å². The highest BCUT2D eigenvalue weighted by Crippen LogP contribution is 2.45. The number of nitrogens with one attached hydrogen (secondary N) is 1. The van der Waals surface area contributed by atoms with Gasteiger partial charge in [0, 0.05) is 16.6 Å². The predicted octanol–water partition coefficient (Wildman–Crippen LogP) is 4.06. The van der Waals surface area contributed by atoms with Crippen LogP contribution in [0.15, 0.2) is 59.5 Å². The van der Waals surface area contributed by atoms with Crippen molar-refractivity contribution in [1.82, 2.24) is 10.2 Å². The lowest BCUT2D eigenvalue weighted by Gasteiger charge is -2.21. The zero-order valence-electron chi connectivity index (χ0n) is 15.2. The van der Waals surface area contributed by atoms with E-state index >= 15 is 0 Å². The standard InChI is InChI=1S/C20H18N4O2S2/c1-13-22-23-20(27-13)21-18(25)12-24-15-9-5-6-10-16(15)28-17(11-19(24)26)14-7-3-2-4-8-14/h2-10,17H,11-12H2,1H3,(H,21,23,25). The van der Waals surface area contributed by atoms with Gasteiger partial charge in [0.2, 0.25) is 16.9 Å². The Morgan fingerprint density at radius 2 is 1.89 bits per heavy atom. The van der Waals surface area contributed by atoms with Crippen LogP contribution in [0.2, 0.25) is 0 Å². The lowest BCUT2D eigenvalue weighted by Crippen LogP contribution is -2.38. The van der Waals surface area contributed by atoms with Crippen LogP contribution >= 0.6 is 23.1 Å². The summed E-state index contributed by atoms with van der Waals surface area (Å²) in [4.78, 5) is 28.1. The molecule has 0 spiro atoms. The third kappa shape index (κ3) is 4.07. The molecule has 2 amide bonds. The van der Waals surface area contributed by atoms with E-state index in [1.54, 1.807) is 16.7 Å². The molecule has 8 heteroatoms. The number of rotatable bonds is 4. The zero-order valence-corrected chi connectivity index (χ0v) is 16.8. The fourth-order valence-electron chi connectivity index (χ4n) is 3.05. The number of benzene rings is 2. The Bertz CT molecular complexity index is 1010. The number of carbonyl (C=O) groups excluding carboxylic acids is 2. The van der Waals surface area contributed by atoms with Crippen molar-refractivity contribution in [2.45, 2.75) is 23.5 Å². The first-order valence-corrected chi connectivity index (χ1v) is 10.5. The number of aromatic nitrogens is 2. The van der Waals surface area contributed by atoms with Gasteiger partial charge >= 0.3 is 0 Å². The molecule has 1 aliphatic rings. The Morgan fingerprint density at radius 3 is 2.64 bits per heavy atom. The van der Waals surface area contributed by atoms with Crippen molar-refractivity contribution in [3.63, 3.8) is 0 Å². The molecule has 0 fully saturated rings. The van der Waals surface area contributed by atoms with Crippen LogP contribution in [0.4, 0.5) is 10.8 Å². The average Bonchev–Trinajstić information content (AvgIpc) is 3.05. The van der Waals surface area contributed by atoms with Gasteiger partial charge < -0.3 is 4.90 Å². The number of nitrogens with zero attached hydrogens (tertiary/aromatic N) is 3. The Labute approximate surface area is 171 Å². The number of amides is 2. The van der Waals surface area contributed by atoms with Gasteiger partial charge in [-0.3, -0.25) is 14.9 Å². The van der Waals surface area contributed by atoms with Gasteiger partial charge in [-0.1, -0.05) is 53.8 Å². The maximum Gasteiger partial charge on any atom is 0.246 e. The molecule has 3 aromatic rings. The molecular formula is C20H18N4O2S2. The minimum atomic E-state index is -0.289. The van der Waals surface area contributed by atoms with Crippen molar-refractivity contribution in [2.24, 2.45) is 0 Å². The number of carbonyl (C=O) groups is 2. The van der Waals surface area contributed by atoms with Crippen LogP contribution in [-0.4, -0.2) is 28.6 Å². The smallest absolute Gasteiger partial charge is 0.246 e. The lowest BCUT2D eigenvalue weighted by atomic mass is 10.1. The van der Waals surface area contributed by atoms with E-state index in [2.05, 4.69) is 15.5 Å². The maximum atomic E-state index is 13.1. The molecule has 1 N–H and O–H groups in total. The van der Waals surface area contributed by atoms with Crippen molar-refractivity contribution >= 4 is 45.7 Å². The number of aryl methyl sites for hydroxylation is 1. The van der Waals surface area contributed by atoms with Crippen LogP contribution in [0, 0.1) is 6.92 Å². The molecule has 142 valence electrons. The Morgan fingerprint density at radius 1 is 1.14 bits per heavy atom. The number of para-hydroxylation sites is 1. The van der Waals surface area contributed by atoms with Crippen molar-refractivity contribution in [3.05, 3.63) is 65.2 Å². The summed E-state index contributed by atoms with van der Waals surface area (Å²) in [6.45, 7) is 1.76. The minimum absolute atomic E-state index is 0.00808. The highest BCUT2D eigenvalue weighted by atomic mass is 32.2. The number of anilines is 2. The first-order valence-electron chi connectivity index (χ1n) is 8.81. The molecule has 1 atom stereocenters. The quantitative estimate of drug-likeness (QED) is 0.702. The third-order valence-electron chi connectivity index (χ3n) is 4.33. The monoisotopic (exact) mass is 410 g/mol. The summed E-state index contributed by atoms with van der Waals surface area (Å²) >= 11 is 2.96. The molecule has 28 heavy (non-hydrogen) atoms. The van der Waals surface area contributed by atoms with Crippen LogP contribution < -0.4 is 10.2 Å². The first kappa shape index (κ1) is 18.6. The lowest BCUT2D eigenvalue weighted by molar-refractivity contribution is -0.121. The molecule has 0 saturated heterocycles. The van der Waals surface area contributed by atoms with E-state index in [1.165, 1.54) is 11.3 Å². The van der Waals surface area contributed by atoms with Gasteiger partial charge in [-0.25, -0.2) is 0 Å². The molecule has 1 aliphatic heterocycles. The second-order valence-electron chi connectivity index (χ2n) is 6.34. The summed E-state index contributed by atoms with van der Waals surface area (Å²) in [5.41, 5.74) is 1.87. The molecule has 0 aliphatic carbocycles. The highest BCUT2D eigenvalue weighted by Gasteiger charge is 2.30. The number of thioether (sulfide) groups is 1. The number of hydrogen-bond acceptors (Lipinski definition) is 6. The molecular weight excluding hydrogens is 392 g/mol. The Hall–Kier alpha value is -2.71. The first-order chi connectivity index (χ1) is 13.6. The van der Waals surface area contributed by atoms with Crippen LogP contribution in [0.25, 0.3) is 0 Å². The van der Waals surface area contributed by atoms with Gasteiger partial charge in [-0.2, -0.15) is 0 Å². The van der Waals surface area contributed by atoms with Gasteiger partial charge in [0.1, 0.15) is 11.6 Å². The zero-order chi connectivity index (χ0) is 19.5. The minimum Gasteiger partial charge on any atom is -0.302 e. The fraction of sp³-hybridized carbons (Fsp3) is 0.200. The van der Waals surface area contributed by atoms with Crippen molar-refractivity contribution < 1.29 is 9.59 Å². The van der Waals surface area contributed by atoms with E-state index in [1.807, 2.05) is 61.5 Å². The van der Waals surface area contributed by atoms with E-state index in [-0.39, 0.29) is 23.6 Å². The SMILES string of the molecule is Cc1nnc(NC(=O)CN2C(=O)CC(c3ccccc3)Sc3ccccc32)s1. The molecule has 2 aromatic carbocycles. The molecule has 1 aromatic heterocycles. The van der Waals surface area contributed by atoms with Crippen molar-refractivity contribution in [3.8, 4) is 0 Å². The van der Waals surface area contributed by atoms with Gasteiger partial charge in [0.05, 0.1) is 5.69 Å². The molecule has 0 saturated carbocycles. The molecule has 1 unspecified atom stereocenters. The fourth-order valence-corrected chi connectivity index (χ4v) is 4.94. The molecule has 2 heterocycles. The highest BCUT2D eigenvalue weighted by molar-refractivity contribution is 7.99. The Kier molecular flexibility index (Phi) is 5.40. The van der Waals surface area contributed by atoms with Crippen LogP contribution in [0.5, 0.6) is 0 Å². The van der Waals surface area contributed by atoms with Crippen LogP contribution in [-0.2, 0) is 9.59 Å². The van der Waals surface area contributed by atoms with Crippen LogP contribution in [0.1, 0.15) is 22.2 Å². The number of hydrogen-bond donors (Lipinski definition) is 1. The van der Waals surface area contributed by atoms with Gasteiger partial charge in [0.25, 0.3) is 0 Å². The molecule has 0 bridgehead atoms. The largest absolute Gasteiger partial charge is 0.302 e. The summed E-state index contributed by atoms with van der Waals surface area (Å²) in [6.07, 6.45) is 0.328. The second kappa shape index (κ2) is 8.12. The summed E-state index contributed by atoms with van der Waals surface area (Å²) in [7, 11) is 0. The summed E-state index contributed by atoms with van der Waals surface area (Å²) in [5, 5.41) is 11.8. The molecule has 4 rings (SSSR count). The summed E-state index contributed by atoms with van der Waals surface area (Å²) in [5.74, 6) is -0.364. The summed E-state index contributed by atoms with van der Waals surface area (Å²) < 4.78 is 0. The summed E-state index contributed by atoms with van der Waals surface area (Å²) in [6, 6.07) is 17.7. The number of fused-ring (bicyclic) bond motifs is 1. The maximum absolute atomic E-state index is 13.1. The Balaban J connectivity index is 1.59. The van der Waals surface area contributed by atoms with E-state index in [0.717, 1.165) is 21.2 Å². The van der Waals surface area contributed by atoms with Gasteiger partial charge in [-0.15, -0.1) is 22.0 Å². The van der Waals surface area contributed by atoms with Crippen molar-refractivity contribution in [1.29, 1.82) is 0 Å². The van der Waals surface area contributed by atoms with E-state index in [0.29, 0.717) is 11.6 Å².